The number of rotatable bonds is 12. The summed E-state index contributed by atoms with van der Waals surface area (Å²) in [5.74, 6) is 1.55. The number of carbonyl (C=O) groups excluding carboxylic acids is 2. The fourth-order valence-electron chi connectivity index (χ4n) is 4.01. The van der Waals surface area contributed by atoms with Crippen LogP contribution in [0.15, 0.2) is 78.9 Å². The molecule has 3 aromatic rings. The summed E-state index contributed by atoms with van der Waals surface area (Å²) in [6, 6.07) is 25.1. The molecule has 3 rings (SSSR count). The van der Waals surface area contributed by atoms with Crippen molar-refractivity contribution in [3.63, 3.8) is 0 Å². The third-order valence-corrected chi connectivity index (χ3v) is 6.90. The molecule has 36 heavy (non-hydrogen) atoms. The number of amides is 2. The maximum Gasteiger partial charge on any atom is 0.243 e. The van der Waals surface area contributed by atoms with E-state index in [0.29, 0.717) is 18.7 Å². The molecular weight excluding hydrogens is 468 g/mol. The molecule has 0 unspecified atom stereocenters. The third kappa shape index (κ3) is 8.16. The minimum Gasteiger partial charge on any atom is -0.497 e. The minimum atomic E-state index is -0.632. The molecule has 1 N–H and O–H groups in total. The molecule has 0 aliphatic carbocycles. The Bertz CT molecular complexity index is 1130. The minimum absolute atomic E-state index is 0.0278. The van der Waals surface area contributed by atoms with Gasteiger partial charge in [-0.25, -0.2) is 0 Å². The summed E-state index contributed by atoms with van der Waals surface area (Å²) in [5, 5.41) is 3.03. The van der Waals surface area contributed by atoms with Crippen LogP contribution in [0.3, 0.4) is 0 Å². The van der Waals surface area contributed by atoms with E-state index in [2.05, 4.69) is 24.4 Å². The van der Waals surface area contributed by atoms with Crippen LogP contribution in [-0.2, 0) is 28.3 Å². The molecular formula is C30H36N2O3S. The zero-order chi connectivity index (χ0) is 25.9. The average Bonchev–Trinajstić information content (AvgIpc) is 2.87. The number of carbonyl (C=O) groups is 2. The lowest BCUT2D eigenvalue weighted by molar-refractivity contribution is -0.139. The van der Waals surface area contributed by atoms with Crippen molar-refractivity contribution >= 4 is 23.6 Å². The van der Waals surface area contributed by atoms with Gasteiger partial charge >= 0.3 is 0 Å². The van der Waals surface area contributed by atoms with Gasteiger partial charge in [-0.05, 0) is 55.2 Å². The number of hydrogen-bond donors (Lipinski definition) is 1. The highest BCUT2D eigenvalue weighted by Crippen LogP contribution is 2.21. The van der Waals surface area contributed by atoms with Crippen molar-refractivity contribution in [2.45, 2.75) is 51.6 Å². The molecule has 0 aromatic heterocycles. The summed E-state index contributed by atoms with van der Waals surface area (Å²) in [6.07, 6.45) is 0.442. The van der Waals surface area contributed by atoms with Gasteiger partial charge < -0.3 is 15.0 Å². The van der Waals surface area contributed by atoms with Crippen molar-refractivity contribution in [1.29, 1.82) is 0 Å². The highest BCUT2D eigenvalue weighted by atomic mass is 32.2. The average molecular weight is 505 g/mol. The SMILES string of the molecule is COc1cccc(CN(C(=O)CSCc2ccccc2C)[C@H](Cc2ccccc2)C(=O)NC(C)C)c1. The Morgan fingerprint density at radius 3 is 2.33 bits per heavy atom. The number of ether oxygens (including phenoxy) is 1. The highest BCUT2D eigenvalue weighted by molar-refractivity contribution is 7.99. The number of benzene rings is 3. The Kier molecular flexibility index (Phi) is 10.4. The fourth-order valence-corrected chi connectivity index (χ4v) is 4.99. The molecule has 0 saturated carbocycles. The zero-order valence-electron chi connectivity index (χ0n) is 21.6. The van der Waals surface area contributed by atoms with Gasteiger partial charge in [-0.1, -0.05) is 66.7 Å². The maximum atomic E-state index is 13.7. The van der Waals surface area contributed by atoms with Crippen LogP contribution in [0.2, 0.25) is 0 Å². The molecule has 0 spiro atoms. The van der Waals surface area contributed by atoms with E-state index in [4.69, 9.17) is 4.74 Å². The predicted molar refractivity (Wildman–Crippen MR) is 148 cm³/mol. The number of methoxy groups -OCH3 is 1. The second kappa shape index (κ2) is 13.7. The van der Waals surface area contributed by atoms with Crippen molar-refractivity contribution in [1.82, 2.24) is 10.2 Å². The molecule has 3 aromatic carbocycles. The molecule has 0 radical (unpaired) electrons. The zero-order valence-corrected chi connectivity index (χ0v) is 22.4. The van der Waals surface area contributed by atoms with Crippen LogP contribution >= 0.6 is 11.8 Å². The van der Waals surface area contributed by atoms with Crippen LogP contribution in [0, 0.1) is 6.92 Å². The Morgan fingerprint density at radius 2 is 1.64 bits per heavy atom. The number of nitrogens with one attached hydrogen (secondary N) is 1. The molecule has 0 aliphatic heterocycles. The third-order valence-electron chi connectivity index (χ3n) is 5.93. The van der Waals surface area contributed by atoms with Crippen molar-refractivity contribution in [3.8, 4) is 5.75 Å². The van der Waals surface area contributed by atoms with Gasteiger partial charge in [-0.2, -0.15) is 0 Å². The largest absolute Gasteiger partial charge is 0.497 e. The van der Waals surface area contributed by atoms with Crippen molar-refractivity contribution in [2.24, 2.45) is 0 Å². The first-order valence-electron chi connectivity index (χ1n) is 12.3. The summed E-state index contributed by atoms with van der Waals surface area (Å²) < 4.78 is 5.39. The number of nitrogens with zero attached hydrogens (tertiary/aromatic N) is 1. The monoisotopic (exact) mass is 504 g/mol. The number of aryl methyl sites for hydroxylation is 1. The summed E-state index contributed by atoms with van der Waals surface area (Å²) in [5.41, 5.74) is 4.36. The first-order valence-corrected chi connectivity index (χ1v) is 13.4. The van der Waals surface area contributed by atoms with Gasteiger partial charge in [0.05, 0.1) is 12.9 Å². The summed E-state index contributed by atoms with van der Waals surface area (Å²) in [7, 11) is 1.62. The van der Waals surface area contributed by atoms with Gasteiger partial charge in [0.1, 0.15) is 11.8 Å². The van der Waals surface area contributed by atoms with Crippen molar-refractivity contribution in [2.75, 3.05) is 12.9 Å². The topological polar surface area (TPSA) is 58.6 Å². The fraction of sp³-hybridized carbons (Fsp3) is 0.333. The van der Waals surface area contributed by atoms with E-state index in [1.54, 1.807) is 23.8 Å². The molecule has 0 aliphatic rings. The van der Waals surface area contributed by atoms with E-state index < -0.39 is 6.04 Å². The Morgan fingerprint density at radius 1 is 0.944 bits per heavy atom. The van der Waals surface area contributed by atoms with Crippen LogP contribution in [0.4, 0.5) is 0 Å². The van der Waals surface area contributed by atoms with Gasteiger partial charge in [0.25, 0.3) is 0 Å². The summed E-state index contributed by atoms with van der Waals surface area (Å²) >= 11 is 1.58. The molecule has 1 atom stereocenters. The number of thioether (sulfide) groups is 1. The van der Waals surface area contributed by atoms with Gasteiger partial charge in [0, 0.05) is 24.8 Å². The summed E-state index contributed by atoms with van der Waals surface area (Å²) in [6.45, 7) is 6.27. The first-order chi connectivity index (χ1) is 17.4. The molecule has 0 fully saturated rings. The Labute approximate surface area is 219 Å². The molecule has 0 bridgehead atoms. The molecule has 190 valence electrons. The van der Waals surface area contributed by atoms with Crippen LogP contribution in [0.1, 0.15) is 36.1 Å². The lowest BCUT2D eigenvalue weighted by Crippen LogP contribution is -2.52. The van der Waals surface area contributed by atoms with E-state index in [1.807, 2.05) is 80.6 Å². The van der Waals surface area contributed by atoms with Crippen LogP contribution in [-0.4, -0.2) is 41.7 Å². The van der Waals surface area contributed by atoms with E-state index >= 15 is 0 Å². The van der Waals surface area contributed by atoms with E-state index in [-0.39, 0.29) is 17.9 Å². The number of hydrogen-bond acceptors (Lipinski definition) is 4. The van der Waals surface area contributed by atoms with Crippen molar-refractivity contribution in [3.05, 3.63) is 101 Å². The molecule has 2 amide bonds. The van der Waals surface area contributed by atoms with Crippen LogP contribution in [0.5, 0.6) is 5.75 Å². The Hall–Kier alpha value is -3.25. The summed E-state index contributed by atoms with van der Waals surface area (Å²) in [4.78, 5) is 28.8. The van der Waals surface area contributed by atoms with Gasteiger partial charge in [0.2, 0.25) is 11.8 Å². The van der Waals surface area contributed by atoms with E-state index in [1.165, 1.54) is 11.1 Å². The van der Waals surface area contributed by atoms with E-state index in [9.17, 15) is 9.59 Å². The molecule has 0 saturated heterocycles. The lowest BCUT2D eigenvalue weighted by Gasteiger charge is -2.32. The smallest absolute Gasteiger partial charge is 0.243 e. The van der Waals surface area contributed by atoms with E-state index in [0.717, 1.165) is 22.6 Å². The highest BCUT2D eigenvalue weighted by Gasteiger charge is 2.30. The predicted octanol–water partition coefficient (Wildman–Crippen LogP) is 5.40. The van der Waals surface area contributed by atoms with Gasteiger partial charge in [-0.3, -0.25) is 9.59 Å². The van der Waals surface area contributed by atoms with Gasteiger partial charge in [-0.15, -0.1) is 11.8 Å². The van der Waals surface area contributed by atoms with Crippen LogP contribution in [0.25, 0.3) is 0 Å². The maximum absolute atomic E-state index is 13.7. The molecule has 5 nitrogen and oxygen atoms in total. The molecule has 0 heterocycles. The normalized spacial score (nSPS) is 11.7. The van der Waals surface area contributed by atoms with Gasteiger partial charge in [0.15, 0.2) is 0 Å². The van der Waals surface area contributed by atoms with Crippen molar-refractivity contribution < 1.29 is 14.3 Å². The molecule has 6 heteroatoms. The second-order valence-electron chi connectivity index (χ2n) is 9.16. The lowest BCUT2D eigenvalue weighted by atomic mass is 10.0. The van der Waals surface area contributed by atoms with Crippen LogP contribution < -0.4 is 10.1 Å². The first kappa shape index (κ1) is 27.3. The Balaban J connectivity index is 1.87. The second-order valence-corrected chi connectivity index (χ2v) is 10.1. The quantitative estimate of drug-likeness (QED) is 0.359. The standard InChI is InChI=1S/C30H36N2O3S/c1-22(2)31-30(34)28(18-24-12-6-5-7-13-24)32(19-25-14-10-16-27(17-25)35-4)29(33)21-36-20-26-15-9-8-11-23(26)3/h5-17,22,28H,18-21H2,1-4H3,(H,31,34)/t28-/m1/s1.